The first-order chi connectivity index (χ1) is 14.8. The van der Waals surface area contributed by atoms with Crippen LogP contribution in [0.5, 0.6) is 0 Å². The highest BCUT2D eigenvalue weighted by molar-refractivity contribution is 7.80. The van der Waals surface area contributed by atoms with Gasteiger partial charge in [-0.1, -0.05) is 13.8 Å². The molecule has 0 rings (SSSR count). The Balaban J connectivity index is 5.28. The normalized spacial score (nSPS) is 14.5. The van der Waals surface area contributed by atoms with Crippen molar-refractivity contribution in [1.29, 1.82) is 0 Å². The number of amides is 5. The number of thiol groups is 1. The van der Waals surface area contributed by atoms with Gasteiger partial charge in [-0.15, -0.1) is 0 Å². The smallest absolute Gasteiger partial charge is 0.326 e. The number of primary amides is 2. The quantitative estimate of drug-likeness (QED) is 0.113. The molecule has 0 radical (unpaired) electrons. The minimum Gasteiger partial charge on any atom is -0.480 e. The van der Waals surface area contributed by atoms with E-state index in [9.17, 15) is 33.9 Å². The van der Waals surface area contributed by atoms with Crippen LogP contribution in [0.3, 0.4) is 0 Å². The fraction of sp³-hybridized carbons (Fsp3) is 0.667. The summed E-state index contributed by atoms with van der Waals surface area (Å²) in [6, 6.07) is -4.96. The van der Waals surface area contributed by atoms with E-state index in [0.29, 0.717) is 0 Å². The first kappa shape index (κ1) is 29.1. The van der Waals surface area contributed by atoms with Crippen molar-refractivity contribution in [2.24, 2.45) is 23.1 Å². The summed E-state index contributed by atoms with van der Waals surface area (Å²) >= 11 is 4.01. The van der Waals surface area contributed by atoms with E-state index >= 15 is 0 Å². The molecule has 10 N–H and O–H groups in total. The fourth-order valence-corrected chi connectivity index (χ4v) is 2.83. The molecule has 0 spiro atoms. The zero-order valence-corrected chi connectivity index (χ0v) is 18.9. The molecule has 0 aromatic carbocycles. The minimum absolute atomic E-state index is 0.0621. The maximum absolute atomic E-state index is 12.7. The third-order valence-corrected chi connectivity index (χ3v) is 4.57. The average molecular weight is 477 g/mol. The van der Waals surface area contributed by atoms with Crippen molar-refractivity contribution >= 4 is 48.1 Å². The molecule has 0 aromatic rings. The molecular weight excluding hydrogens is 444 g/mol. The van der Waals surface area contributed by atoms with Crippen molar-refractivity contribution in [2.75, 3.05) is 5.75 Å². The monoisotopic (exact) mass is 476 g/mol. The number of carboxylic acid groups (broad SMARTS) is 1. The molecule has 13 nitrogen and oxygen atoms in total. The molecule has 0 aliphatic heterocycles. The van der Waals surface area contributed by atoms with Gasteiger partial charge in [-0.25, -0.2) is 4.79 Å². The first-order valence-electron chi connectivity index (χ1n) is 9.85. The van der Waals surface area contributed by atoms with Gasteiger partial charge in [0.25, 0.3) is 0 Å². The third-order valence-electron chi connectivity index (χ3n) is 4.21. The molecule has 0 fully saturated rings. The zero-order valence-electron chi connectivity index (χ0n) is 18.0. The van der Waals surface area contributed by atoms with E-state index in [1.165, 1.54) is 0 Å². The van der Waals surface area contributed by atoms with Crippen LogP contribution in [0.1, 0.15) is 39.5 Å². The lowest BCUT2D eigenvalue weighted by atomic mass is 10.0. The third kappa shape index (κ3) is 11.5. The summed E-state index contributed by atoms with van der Waals surface area (Å²) in [5.74, 6) is -5.43. The lowest BCUT2D eigenvalue weighted by molar-refractivity contribution is -0.142. The summed E-state index contributed by atoms with van der Waals surface area (Å²) in [4.78, 5) is 70.5. The summed E-state index contributed by atoms with van der Waals surface area (Å²) < 4.78 is 0. The van der Waals surface area contributed by atoms with Crippen molar-refractivity contribution in [3.05, 3.63) is 0 Å². The van der Waals surface area contributed by atoms with E-state index in [4.69, 9.17) is 17.2 Å². The highest BCUT2D eigenvalue weighted by atomic mass is 32.1. The van der Waals surface area contributed by atoms with Gasteiger partial charge in [0.2, 0.25) is 29.5 Å². The van der Waals surface area contributed by atoms with E-state index in [0.717, 1.165) is 0 Å². The van der Waals surface area contributed by atoms with Crippen molar-refractivity contribution in [3.8, 4) is 0 Å². The highest BCUT2D eigenvalue weighted by Gasteiger charge is 2.30. The van der Waals surface area contributed by atoms with Crippen LogP contribution < -0.4 is 33.2 Å². The number of hydrogen-bond donors (Lipinski definition) is 8. The van der Waals surface area contributed by atoms with Gasteiger partial charge in [0, 0.05) is 12.2 Å². The van der Waals surface area contributed by atoms with Crippen LogP contribution in [0.4, 0.5) is 0 Å². The predicted octanol–water partition coefficient (Wildman–Crippen LogP) is -3.03. The topological polar surface area (TPSA) is 237 Å². The van der Waals surface area contributed by atoms with E-state index in [2.05, 4.69) is 28.6 Å². The van der Waals surface area contributed by atoms with E-state index in [-0.39, 0.29) is 30.9 Å². The minimum atomic E-state index is -1.38. The molecule has 0 saturated heterocycles. The van der Waals surface area contributed by atoms with Crippen molar-refractivity contribution in [1.82, 2.24) is 16.0 Å². The summed E-state index contributed by atoms with van der Waals surface area (Å²) in [6.07, 6.45) is -0.731. The Morgan fingerprint density at radius 2 is 1.34 bits per heavy atom. The second kappa shape index (κ2) is 14.2. The van der Waals surface area contributed by atoms with Gasteiger partial charge < -0.3 is 38.3 Å². The van der Waals surface area contributed by atoms with E-state index < -0.39 is 66.1 Å². The molecule has 0 heterocycles. The van der Waals surface area contributed by atoms with Gasteiger partial charge in [-0.05, 0) is 18.8 Å². The number of nitrogens with one attached hydrogen (secondary N) is 3. The van der Waals surface area contributed by atoms with Gasteiger partial charge in [-0.2, -0.15) is 12.6 Å². The molecule has 0 aliphatic carbocycles. The molecule has 182 valence electrons. The van der Waals surface area contributed by atoms with Crippen molar-refractivity contribution in [2.45, 2.75) is 63.7 Å². The Morgan fingerprint density at radius 3 is 1.78 bits per heavy atom. The number of carbonyl (C=O) groups excluding carboxylic acids is 5. The fourth-order valence-electron chi connectivity index (χ4n) is 2.57. The summed E-state index contributed by atoms with van der Waals surface area (Å²) in [5.41, 5.74) is 15.6. The Kier molecular flexibility index (Phi) is 13.0. The molecule has 0 aliphatic rings. The van der Waals surface area contributed by atoms with Crippen molar-refractivity contribution in [3.63, 3.8) is 0 Å². The van der Waals surface area contributed by atoms with Crippen LogP contribution in [0, 0.1) is 5.92 Å². The van der Waals surface area contributed by atoms with Gasteiger partial charge in [0.05, 0.1) is 12.5 Å². The molecular formula is C18H32N6O7S. The molecule has 32 heavy (non-hydrogen) atoms. The first-order valence-corrected chi connectivity index (χ1v) is 10.5. The largest absolute Gasteiger partial charge is 0.480 e. The van der Waals surface area contributed by atoms with E-state index in [1.54, 1.807) is 13.8 Å². The molecule has 14 heteroatoms. The molecule has 0 saturated carbocycles. The van der Waals surface area contributed by atoms with Crippen LogP contribution in [0.25, 0.3) is 0 Å². The summed E-state index contributed by atoms with van der Waals surface area (Å²) in [5, 5.41) is 16.3. The van der Waals surface area contributed by atoms with Crippen LogP contribution >= 0.6 is 12.6 Å². The highest BCUT2D eigenvalue weighted by Crippen LogP contribution is 2.08. The SMILES string of the molecule is CC(C)CC(NC(=O)C(CS)NC(=O)C(N)CC(N)=O)C(=O)NC(CCC(N)=O)C(=O)O. The molecule has 0 aromatic heterocycles. The molecule has 4 unspecified atom stereocenters. The number of carbonyl (C=O) groups is 6. The number of hydrogen-bond acceptors (Lipinski definition) is 8. The second-order valence-corrected chi connectivity index (χ2v) is 7.98. The van der Waals surface area contributed by atoms with Gasteiger partial charge in [0.15, 0.2) is 0 Å². The summed E-state index contributed by atoms with van der Waals surface area (Å²) in [7, 11) is 0. The van der Waals surface area contributed by atoms with Gasteiger partial charge in [0.1, 0.15) is 18.1 Å². The lowest BCUT2D eigenvalue weighted by Gasteiger charge is -2.25. The Labute approximate surface area is 191 Å². The Morgan fingerprint density at radius 1 is 0.844 bits per heavy atom. The van der Waals surface area contributed by atoms with E-state index in [1.807, 2.05) is 0 Å². The zero-order chi connectivity index (χ0) is 25.0. The van der Waals surface area contributed by atoms with Crippen LogP contribution in [0.2, 0.25) is 0 Å². The second-order valence-electron chi connectivity index (χ2n) is 7.62. The maximum Gasteiger partial charge on any atom is 0.326 e. The Bertz CT molecular complexity index is 718. The Hall–Kier alpha value is -2.87. The van der Waals surface area contributed by atoms with Crippen LogP contribution in [0.15, 0.2) is 0 Å². The average Bonchev–Trinajstić information content (AvgIpc) is 2.66. The molecule has 5 amide bonds. The lowest BCUT2D eigenvalue weighted by Crippen LogP contribution is -2.58. The van der Waals surface area contributed by atoms with Crippen LogP contribution in [-0.2, 0) is 28.8 Å². The standard InChI is InChI=1S/C18H32N6O7S/c1-8(2)5-11(16(28)22-10(18(30)31)3-4-13(20)25)23-17(29)12(7-32)24-15(27)9(19)6-14(21)26/h8-12,32H,3-7,19H2,1-2H3,(H2,20,25)(H2,21,26)(H,22,28)(H,23,29)(H,24,27)(H,30,31). The maximum atomic E-state index is 12.7. The summed E-state index contributed by atoms with van der Waals surface area (Å²) in [6.45, 7) is 3.57. The molecule has 4 atom stereocenters. The number of rotatable bonds is 15. The predicted molar refractivity (Wildman–Crippen MR) is 117 cm³/mol. The van der Waals surface area contributed by atoms with Crippen molar-refractivity contribution < 1.29 is 33.9 Å². The van der Waals surface area contributed by atoms with Gasteiger partial charge >= 0.3 is 5.97 Å². The number of aliphatic carboxylic acids is 1. The number of carboxylic acids is 1. The van der Waals surface area contributed by atoms with Gasteiger partial charge in [-0.3, -0.25) is 24.0 Å². The number of nitrogens with two attached hydrogens (primary N) is 3. The molecule has 0 bridgehead atoms. The van der Waals surface area contributed by atoms with Crippen LogP contribution in [-0.4, -0.2) is 70.5 Å².